The van der Waals surface area contributed by atoms with Crippen molar-refractivity contribution in [3.05, 3.63) is 218 Å². The van der Waals surface area contributed by atoms with Crippen LogP contribution in [0.1, 0.15) is 0 Å². The van der Waals surface area contributed by atoms with Crippen molar-refractivity contribution in [2.45, 2.75) is 0 Å². The smallest absolute Gasteiger partial charge is 0.0547 e. The zero-order chi connectivity index (χ0) is 40.5. The van der Waals surface area contributed by atoms with Gasteiger partial charge in [0.25, 0.3) is 0 Å². The van der Waals surface area contributed by atoms with Gasteiger partial charge in [0.1, 0.15) is 0 Å². The summed E-state index contributed by atoms with van der Waals surface area (Å²) in [5.74, 6) is 0. The molecule has 13 aromatic rings. The van der Waals surface area contributed by atoms with Crippen LogP contribution in [0.5, 0.6) is 0 Å². The number of hydrogen-bond donors (Lipinski definition) is 0. The molecule has 2 nitrogen and oxygen atoms in total. The van der Waals surface area contributed by atoms with Gasteiger partial charge in [-0.25, -0.2) is 0 Å². The summed E-state index contributed by atoms with van der Waals surface area (Å²) in [5.41, 5.74) is 17.3. The first-order valence-corrected chi connectivity index (χ1v) is 21.5. The Morgan fingerprint density at radius 1 is 0.226 bits per heavy atom. The number of hydrogen-bond acceptors (Lipinski definition) is 0. The fourth-order valence-corrected chi connectivity index (χ4v) is 10.7. The van der Waals surface area contributed by atoms with Crippen LogP contribution in [-0.2, 0) is 0 Å². The van der Waals surface area contributed by atoms with E-state index in [9.17, 15) is 0 Å². The first-order valence-electron chi connectivity index (χ1n) is 21.5. The van der Waals surface area contributed by atoms with Crippen molar-refractivity contribution >= 4 is 75.9 Å². The molecule has 0 amide bonds. The molecule has 0 unspecified atom stereocenters. The van der Waals surface area contributed by atoms with E-state index >= 15 is 0 Å². The van der Waals surface area contributed by atoms with Crippen molar-refractivity contribution < 1.29 is 0 Å². The standard InChI is InChI=1S/C60H36N2/c1-2-18-46(19-3-1)61-56-26-24-42(32-51(56)53-30-38-12-4-6-14-40(38)35-58(53)61)43-25-27-57-52(33-43)54-31-39-13-5-7-15-41(39)36-59(54)62(57)47-20-10-16-37(29-47)45-28-44-17-11-23-50-48-21-8-9-22-49(48)55(34-45)60(44)50/h1-36H. The fraction of sp³-hybridized carbons (Fsp3) is 0. The summed E-state index contributed by atoms with van der Waals surface area (Å²) >= 11 is 0. The van der Waals surface area contributed by atoms with Crippen LogP contribution in [0.25, 0.3) is 132 Å². The van der Waals surface area contributed by atoms with Crippen LogP contribution < -0.4 is 0 Å². The van der Waals surface area contributed by atoms with Crippen LogP contribution >= 0.6 is 0 Å². The largest absolute Gasteiger partial charge is 0.309 e. The minimum Gasteiger partial charge on any atom is -0.309 e. The van der Waals surface area contributed by atoms with Gasteiger partial charge < -0.3 is 9.13 Å². The highest BCUT2D eigenvalue weighted by Gasteiger charge is 2.23. The zero-order valence-electron chi connectivity index (χ0n) is 33.7. The average Bonchev–Trinajstić information content (AvgIpc) is 3.95. The Morgan fingerprint density at radius 2 is 0.694 bits per heavy atom. The second-order valence-electron chi connectivity index (χ2n) is 16.9. The number of para-hydroxylation sites is 1. The number of rotatable bonds is 4. The van der Waals surface area contributed by atoms with E-state index in [0.29, 0.717) is 0 Å². The molecule has 0 radical (unpaired) electrons. The summed E-state index contributed by atoms with van der Waals surface area (Å²) in [6.45, 7) is 0. The predicted octanol–water partition coefficient (Wildman–Crippen LogP) is 16.3. The van der Waals surface area contributed by atoms with Crippen molar-refractivity contribution in [3.8, 4) is 55.9 Å². The molecule has 0 N–H and O–H groups in total. The Morgan fingerprint density at radius 3 is 1.34 bits per heavy atom. The molecule has 62 heavy (non-hydrogen) atoms. The van der Waals surface area contributed by atoms with Gasteiger partial charge in [0, 0.05) is 32.9 Å². The lowest BCUT2D eigenvalue weighted by molar-refractivity contribution is 1.18. The molecule has 0 bridgehead atoms. The van der Waals surface area contributed by atoms with E-state index in [-0.39, 0.29) is 0 Å². The van der Waals surface area contributed by atoms with Gasteiger partial charge in [0.05, 0.1) is 22.1 Å². The first-order chi connectivity index (χ1) is 30.7. The highest BCUT2D eigenvalue weighted by atomic mass is 15.0. The summed E-state index contributed by atoms with van der Waals surface area (Å²) in [5, 5.41) is 12.6. The van der Waals surface area contributed by atoms with Gasteiger partial charge in [0.15, 0.2) is 0 Å². The number of nitrogens with zero attached hydrogens (tertiary/aromatic N) is 2. The van der Waals surface area contributed by atoms with Gasteiger partial charge in [-0.1, -0.05) is 133 Å². The van der Waals surface area contributed by atoms with Crippen LogP contribution in [0.3, 0.4) is 0 Å². The second kappa shape index (κ2) is 12.7. The molecule has 1 aliphatic rings. The quantitative estimate of drug-likeness (QED) is 0.168. The first kappa shape index (κ1) is 33.6. The molecule has 0 aliphatic heterocycles. The second-order valence-corrected chi connectivity index (χ2v) is 16.9. The summed E-state index contributed by atoms with van der Waals surface area (Å²) in [4.78, 5) is 0. The lowest BCUT2D eigenvalue weighted by atomic mass is 9.96. The van der Waals surface area contributed by atoms with E-state index in [1.807, 2.05) is 0 Å². The molecule has 0 atom stereocenters. The molecule has 2 heterocycles. The van der Waals surface area contributed by atoms with Crippen molar-refractivity contribution in [2.24, 2.45) is 0 Å². The maximum Gasteiger partial charge on any atom is 0.0547 e. The normalized spacial score (nSPS) is 12.2. The van der Waals surface area contributed by atoms with Gasteiger partial charge in [-0.15, -0.1) is 0 Å². The van der Waals surface area contributed by atoms with Gasteiger partial charge in [-0.2, -0.15) is 0 Å². The monoisotopic (exact) mass is 784 g/mol. The van der Waals surface area contributed by atoms with E-state index in [0.717, 1.165) is 5.69 Å². The molecule has 0 saturated carbocycles. The Balaban J connectivity index is 0.963. The third kappa shape index (κ3) is 4.80. The zero-order valence-corrected chi connectivity index (χ0v) is 33.7. The maximum absolute atomic E-state index is 2.47. The van der Waals surface area contributed by atoms with Crippen LogP contribution in [0.15, 0.2) is 218 Å². The highest BCUT2D eigenvalue weighted by Crippen LogP contribution is 2.49. The van der Waals surface area contributed by atoms with Crippen molar-refractivity contribution in [3.63, 3.8) is 0 Å². The summed E-state index contributed by atoms with van der Waals surface area (Å²) in [6, 6.07) is 81.2. The Kier molecular flexibility index (Phi) is 6.86. The summed E-state index contributed by atoms with van der Waals surface area (Å²) in [6.07, 6.45) is 0. The van der Waals surface area contributed by atoms with Crippen LogP contribution in [-0.4, -0.2) is 9.13 Å². The van der Waals surface area contributed by atoms with E-state index in [4.69, 9.17) is 0 Å². The van der Waals surface area contributed by atoms with E-state index in [1.54, 1.807) is 0 Å². The summed E-state index contributed by atoms with van der Waals surface area (Å²) in [7, 11) is 0. The van der Waals surface area contributed by atoms with Crippen molar-refractivity contribution in [1.29, 1.82) is 0 Å². The molecule has 2 heteroatoms. The van der Waals surface area contributed by atoms with E-state index in [1.165, 1.54) is 126 Å². The minimum atomic E-state index is 1.15. The highest BCUT2D eigenvalue weighted by molar-refractivity contribution is 6.18. The molecule has 0 spiro atoms. The van der Waals surface area contributed by atoms with Gasteiger partial charge in [0.2, 0.25) is 0 Å². The van der Waals surface area contributed by atoms with Crippen LogP contribution in [0.2, 0.25) is 0 Å². The predicted molar refractivity (Wildman–Crippen MR) is 263 cm³/mol. The number of aromatic nitrogens is 2. The van der Waals surface area contributed by atoms with E-state index in [2.05, 4.69) is 228 Å². The maximum atomic E-state index is 2.47. The molecule has 11 aromatic carbocycles. The molecular formula is C60H36N2. The lowest BCUT2D eigenvalue weighted by Crippen LogP contribution is -1.95. The van der Waals surface area contributed by atoms with Crippen molar-refractivity contribution in [2.75, 3.05) is 0 Å². The van der Waals surface area contributed by atoms with Gasteiger partial charge >= 0.3 is 0 Å². The molecule has 0 fully saturated rings. The average molecular weight is 785 g/mol. The van der Waals surface area contributed by atoms with Gasteiger partial charge in [-0.05, 0) is 162 Å². The van der Waals surface area contributed by atoms with Crippen LogP contribution in [0.4, 0.5) is 0 Å². The Bertz CT molecular complexity index is 4030. The molecule has 1 aliphatic carbocycles. The molecular weight excluding hydrogens is 749 g/mol. The van der Waals surface area contributed by atoms with E-state index < -0.39 is 0 Å². The van der Waals surface area contributed by atoms with Crippen LogP contribution in [0, 0.1) is 0 Å². The molecule has 286 valence electrons. The molecule has 14 rings (SSSR count). The number of benzene rings is 11. The fourth-order valence-electron chi connectivity index (χ4n) is 10.7. The summed E-state index contributed by atoms with van der Waals surface area (Å²) < 4.78 is 4.89. The Hall–Kier alpha value is -8.20. The third-order valence-electron chi connectivity index (χ3n) is 13.5. The molecule has 0 saturated heterocycles. The third-order valence-corrected chi connectivity index (χ3v) is 13.5. The van der Waals surface area contributed by atoms with Crippen molar-refractivity contribution in [1.82, 2.24) is 9.13 Å². The molecule has 2 aromatic heterocycles. The minimum absolute atomic E-state index is 1.15. The SMILES string of the molecule is c1ccc(-n2c3ccc(-c4ccc5c(c4)c4cc6ccccc6cc4n5-c4cccc(-c5cc6c7c(cccc7c5)-c5ccccc5-6)c4)cc3c3cc4ccccc4cc32)cc1. The topological polar surface area (TPSA) is 9.86 Å². The van der Waals surface area contributed by atoms with Gasteiger partial charge in [-0.3, -0.25) is 0 Å². The Labute approximate surface area is 357 Å². The number of fused-ring (bicyclic) bond motifs is 11. The lowest BCUT2D eigenvalue weighted by Gasteiger charge is -2.13.